The topological polar surface area (TPSA) is 124 Å². The molecule has 4 aliphatic rings. The molecule has 33 heavy (non-hydrogen) atoms. The minimum Gasteiger partial charge on any atom is -0.726 e. The first-order chi connectivity index (χ1) is 15.6. The van der Waals surface area contributed by atoms with Gasteiger partial charge in [-0.1, -0.05) is 6.07 Å². The smallest absolute Gasteiger partial charge is 0.231 e. The number of aliphatic hydroxyl groups excluding tert-OH is 1. The van der Waals surface area contributed by atoms with Crippen molar-refractivity contribution >= 4 is 10.4 Å². The van der Waals surface area contributed by atoms with E-state index in [4.69, 9.17) is 18.9 Å². The van der Waals surface area contributed by atoms with E-state index in [1.807, 2.05) is 12.1 Å². The minimum atomic E-state index is -4.41. The number of quaternary nitrogens is 1. The summed E-state index contributed by atoms with van der Waals surface area (Å²) in [6.07, 6.45) is 0.154. The van der Waals surface area contributed by atoms with Gasteiger partial charge in [0.15, 0.2) is 23.0 Å². The predicted octanol–water partition coefficient (Wildman–Crippen LogP) is 1.57. The fourth-order valence-corrected chi connectivity index (χ4v) is 5.42. The van der Waals surface area contributed by atoms with E-state index in [1.54, 1.807) is 0 Å². The Kier molecular flexibility index (Phi) is 5.22. The number of fused-ring (bicyclic) bond motifs is 8. The van der Waals surface area contributed by atoms with Crippen molar-refractivity contribution in [3.63, 3.8) is 0 Å². The van der Waals surface area contributed by atoms with Gasteiger partial charge in [0.1, 0.15) is 12.6 Å². The van der Waals surface area contributed by atoms with E-state index >= 15 is 0 Å². The van der Waals surface area contributed by atoms with Crippen molar-refractivity contribution in [2.45, 2.75) is 31.0 Å². The first-order valence-electron chi connectivity index (χ1n) is 10.4. The Hall–Kier alpha value is -2.57. The van der Waals surface area contributed by atoms with Crippen LogP contribution in [0.25, 0.3) is 0 Å². The number of rotatable bonds is 1. The van der Waals surface area contributed by atoms with Crippen LogP contribution in [0.4, 0.5) is 0 Å². The zero-order valence-electron chi connectivity index (χ0n) is 18.4. The lowest BCUT2D eigenvalue weighted by Crippen LogP contribution is -2.53. The van der Waals surface area contributed by atoms with Gasteiger partial charge >= 0.3 is 0 Å². The average molecular weight is 480 g/mol. The summed E-state index contributed by atoms with van der Waals surface area (Å²) >= 11 is 0. The van der Waals surface area contributed by atoms with Crippen molar-refractivity contribution in [2.75, 3.05) is 34.8 Å². The highest BCUT2D eigenvalue weighted by molar-refractivity contribution is 7.80. The lowest BCUT2D eigenvalue weighted by Gasteiger charge is -2.50. The number of aliphatic hydroxyl groups is 1. The lowest BCUT2D eigenvalue weighted by molar-refractivity contribution is -0.939. The van der Waals surface area contributed by atoms with Gasteiger partial charge in [0.25, 0.3) is 0 Å². The third kappa shape index (κ3) is 3.79. The highest BCUT2D eigenvalue weighted by Gasteiger charge is 2.51. The number of likely N-dealkylation sites (N-methyl/N-ethyl adjacent to an activating group) is 1. The molecule has 0 fully saturated rings. The van der Waals surface area contributed by atoms with E-state index in [1.165, 1.54) is 16.7 Å². The van der Waals surface area contributed by atoms with Crippen LogP contribution < -0.4 is 18.9 Å². The molecule has 1 aliphatic carbocycles. The number of hydrogen-bond acceptors (Lipinski definition) is 9. The van der Waals surface area contributed by atoms with Crippen molar-refractivity contribution < 1.29 is 45.7 Å². The SMILES string of the molecule is COS(=O)(=O)[O-].C[N+]1(C)Cc2c(ccc3c2OCO3)C2C(O)Cc3cc4c(cc3C21)OCO4. The van der Waals surface area contributed by atoms with Crippen LogP contribution in [-0.2, 0) is 27.5 Å². The number of nitrogens with zero attached hydrogens (tertiary/aromatic N) is 1. The van der Waals surface area contributed by atoms with E-state index in [0.29, 0.717) is 6.42 Å². The maximum atomic E-state index is 11.2. The average Bonchev–Trinajstić information content (AvgIpc) is 3.40. The molecule has 0 saturated carbocycles. The molecule has 0 bridgehead atoms. The molecule has 11 heteroatoms. The van der Waals surface area contributed by atoms with Gasteiger partial charge in [0.2, 0.25) is 24.0 Å². The molecule has 3 unspecified atom stereocenters. The van der Waals surface area contributed by atoms with Crippen molar-refractivity contribution in [2.24, 2.45) is 0 Å². The Morgan fingerprint density at radius 1 is 1.03 bits per heavy atom. The van der Waals surface area contributed by atoms with Crippen LogP contribution in [0.1, 0.15) is 34.2 Å². The van der Waals surface area contributed by atoms with Crippen LogP contribution in [0, 0.1) is 0 Å². The van der Waals surface area contributed by atoms with Crippen molar-refractivity contribution in [1.82, 2.24) is 0 Å². The van der Waals surface area contributed by atoms with Crippen molar-refractivity contribution in [3.8, 4) is 23.0 Å². The van der Waals surface area contributed by atoms with E-state index < -0.39 is 16.5 Å². The highest BCUT2D eigenvalue weighted by Crippen LogP contribution is 2.56. The molecule has 0 radical (unpaired) electrons. The van der Waals surface area contributed by atoms with Crippen LogP contribution in [-0.4, -0.2) is 63.5 Å². The Balaban J connectivity index is 0.000000340. The number of hydrogen-bond donors (Lipinski definition) is 1. The Bertz CT molecular complexity index is 1210. The van der Waals surface area contributed by atoms with Gasteiger partial charge in [-0.2, -0.15) is 0 Å². The van der Waals surface area contributed by atoms with Crippen LogP contribution in [0.2, 0.25) is 0 Å². The Labute approximate surface area is 191 Å². The van der Waals surface area contributed by atoms with Gasteiger partial charge in [-0.15, -0.1) is 0 Å². The van der Waals surface area contributed by atoms with Gasteiger partial charge in [0.05, 0.1) is 38.8 Å². The van der Waals surface area contributed by atoms with Gasteiger partial charge in [-0.3, -0.25) is 4.18 Å². The predicted molar refractivity (Wildman–Crippen MR) is 113 cm³/mol. The Morgan fingerprint density at radius 2 is 1.67 bits per heavy atom. The summed E-state index contributed by atoms with van der Waals surface area (Å²) in [6, 6.07) is 8.41. The van der Waals surface area contributed by atoms with Crippen LogP contribution in [0.5, 0.6) is 23.0 Å². The molecule has 6 rings (SSSR count). The van der Waals surface area contributed by atoms with Crippen LogP contribution in [0.3, 0.4) is 0 Å². The normalized spacial score (nSPS) is 25.3. The quantitative estimate of drug-likeness (QED) is 0.369. The first kappa shape index (κ1) is 22.2. The standard InChI is InChI=1S/C21H22NO5.CH4O4S/c1-22(2)8-14-12(3-4-16-21(14)27-10-24-16)19-15(23)5-11-6-17-18(26-9-25-17)7-13(11)20(19)22;1-5-6(2,3)4/h3-4,6-7,15,19-20,23H,5,8-10H2,1-2H3;1H3,(H,2,3,4)/q+1;/p-1. The molecule has 0 spiro atoms. The third-order valence-electron chi connectivity index (χ3n) is 6.70. The largest absolute Gasteiger partial charge is 0.726 e. The first-order valence-corrected chi connectivity index (χ1v) is 11.8. The third-order valence-corrected chi connectivity index (χ3v) is 7.11. The number of benzene rings is 2. The monoisotopic (exact) mass is 479 g/mol. The molecular weight excluding hydrogens is 454 g/mol. The fraction of sp³-hybridized carbons (Fsp3) is 0.455. The van der Waals surface area contributed by atoms with Gasteiger partial charge in [0, 0.05) is 5.56 Å². The van der Waals surface area contributed by atoms with E-state index in [-0.39, 0.29) is 25.5 Å². The molecule has 2 aromatic carbocycles. The molecular formula is C22H25NO9S. The summed E-state index contributed by atoms with van der Waals surface area (Å²) in [5, 5.41) is 11.2. The summed E-state index contributed by atoms with van der Waals surface area (Å²) in [5.74, 6) is 3.25. The van der Waals surface area contributed by atoms with Gasteiger partial charge < -0.3 is 33.1 Å². The second-order valence-corrected chi connectivity index (χ2v) is 10.2. The fourth-order valence-electron chi connectivity index (χ4n) is 5.42. The summed E-state index contributed by atoms with van der Waals surface area (Å²) in [4.78, 5) is 0. The van der Waals surface area contributed by atoms with Crippen LogP contribution in [0.15, 0.2) is 24.3 Å². The summed E-state index contributed by atoms with van der Waals surface area (Å²) < 4.78 is 54.3. The van der Waals surface area contributed by atoms with E-state index in [2.05, 4.69) is 30.4 Å². The van der Waals surface area contributed by atoms with Crippen molar-refractivity contribution in [1.29, 1.82) is 0 Å². The molecule has 178 valence electrons. The van der Waals surface area contributed by atoms with Crippen molar-refractivity contribution in [3.05, 3.63) is 46.5 Å². The minimum absolute atomic E-state index is 0.00567. The molecule has 2 aromatic rings. The van der Waals surface area contributed by atoms with E-state index in [9.17, 15) is 18.1 Å². The molecule has 3 aliphatic heterocycles. The molecule has 0 aromatic heterocycles. The highest BCUT2D eigenvalue weighted by atomic mass is 32.3. The summed E-state index contributed by atoms with van der Waals surface area (Å²) in [5.41, 5.74) is 4.75. The molecule has 1 N–H and O–H groups in total. The maximum Gasteiger partial charge on any atom is 0.231 e. The zero-order valence-corrected chi connectivity index (χ0v) is 19.3. The van der Waals surface area contributed by atoms with Gasteiger partial charge in [-0.25, -0.2) is 8.42 Å². The lowest BCUT2D eigenvalue weighted by atomic mass is 9.69. The zero-order chi connectivity index (χ0) is 23.5. The van der Waals surface area contributed by atoms with E-state index in [0.717, 1.165) is 46.7 Å². The Morgan fingerprint density at radius 3 is 2.36 bits per heavy atom. The molecule has 3 atom stereocenters. The summed E-state index contributed by atoms with van der Waals surface area (Å²) in [6.45, 7) is 1.35. The van der Waals surface area contributed by atoms with Gasteiger partial charge in [-0.05, 0) is 35.7 Å². The molecule has 0 amide bonds. The second-order valence-electron chi connectivity index (χ2n) is 9.03. The molecule has 10 nitrogen and oxygen atoms in total. The summed E-state index contributed by atoms with van der Waals surface area (Å²) in [7, 11) is 0.845. The molecule has 0 saturated heterocycles. The number of ether oxygens (including phenoxy) is 4. The van der Waals surface area contributed by atoms with Crippen LogP contribution >= 0.6 is 0 Å². The maximum absolute atomic E-state index is 11.2. The molecule has 3 heterocycles. The second kappa shape index (κ2) is 7.74.